The normalized spacial score (nSPS) is 20.9. The zero-order valence-electron chi connectivity index (χ0n) is 23.4. The molecule has 13 heteroatoms. The van der Waals surface area contributed by atoms with E-state index in [1.165, 1.54) is 12.0 Å². The van der Waals surface area contributed by atoms with E-state index in [1.807, 2.05) is 13.8 Å². The summed E-state index contributed by atoms with van der Waals surface area (Å²) < 4.78 is 13.1. The fourth-order valence-electron chi connectivity index (χ4n) is 4.82. The number of aromatic nitrogens is 3. The lowest BCUT2D eigenvalue weighted by Gasteiger charge is -2.27. The van der Waals surface area contributed by atoms with Crippen LogP contribution in [0, 0.1) is 12.8 Å². The van der Waals surface area contributed by atoms with Crippen LogP contribution in [0.25, 0.3) is 0 Å². The number of hydrogen-bond acceptors (Lipinski definition) is 8. The van der Waals surface area contributed by atoms with Crippen molar-refractivity contribution in [3.8, 4) is 11.5 Å². The largest absolute Gasteiger partial charge is 0.493 e. The number of nitrogens with one attached hydrogen (secondary N) is 3. The summed E-state index contributed by atoms with van der Waals surface area (Å²) in [6, 6.07) is 3.81. The van der Waals surface area contributed by atoms with E-state index in [2.05, 4.69) is 26.0 Å². The van der Waals surface area contributed by atoms with Crippen LogP contribution in [-0.2, 0) is 20.9 Å². The van der Waals surface area contributed by atoms with Gasteiger partial charge < -0.3 is 30.3 Å². The zero-order chi connectivity index (χ0) is 28.8. The van der Waals surface area contributed by atoms with Crippen molar-refractivity contribution in [3.05, 3.63) is 35.4 Å². The molecular formula is C27H37N7O6. The van der Waals surface area contributed by atoms with Crippen molar-refractivity contribution in [3.63, 3.8) is 0 Å². The van der Waals surface area contributed by atoms with Crippen LogP contribution in [0.2, 0.25) is 0 Å². The van der Waals surface area contributed by atoms with Crippen LogP contribution in [-0.4, -0.2) is 82.7 Å². The molecule has 3 N–H and O–H groups in total. The van der Waals surface area contributed by atoms with Crippen molar-refractivity contribution in [1.82, 2.24) is 35.6 Å². The molecule has 0 saturated carbocycles. The van der Waals surface area contributed by atoms with Gasteiger partial charge in [-0.3, -0.25) is 19.2 Å². The summed E-state index contributed by atoms with van der Waals surface area (Å²) in [5.74, 6) is 0.833. The third-order valence-electron chi connectivity index (χ3n) is 6.88. The molecule has 0 unspecified atom stereocenters. The molecule has 2 aliphatic rings. The molecule has 0 aliphatic carbocycles. The first kappa shape index (κ1) is 28.8. The first-order chi connectivity index (χ1) is 19.2. The minimum Gasteiger partial charge on any atom is -0.493 e. The van der Waals surface area contributed by atoms with E-state index < -0.39 is 12.1 Å². The van der Waals surface area contributed by atoms with Crippen molar-refractivity contribution in [2.45, 2.75) is 58.7 Å². The van der Waals surface area contributed by atoms with Gasteiger partial charge in [0.2, 0.25) is 17.7 Å². The average molecular weight is 556 g/mol. The molecule has 3 heterocycles. The Bertz CT molecular complexity index is 1260. The van der Waals surface area contributed by atoms with Crippen LogP contribution in [0.5, 0.6) is 11.5 Å². The molecule has 2 bridgehead atoms. The SMILES string of the molecule is COc1ccc2cc1OCCn1nc(C)nc1[C@H](C(C)C)NC(=O)CN(C(=O)[C@@H]1CCC(=O)N1)CCCNC2=O. The second-order valence-corrected chi connectivity index (χ2v) is 10.3. The highest BCUT2D eigenvalue weighted by Gasteiger charge is 2.32. The van der Waals surface area contributed by atoms with Gasteiger partial charge >= 0.3 is 0 Å². The fraction of sp³-hybridized carbons (Fsp3) is 0.556. The summed E-state index contributed by atoms with van der Waals surface area (Å²) in [5.41, 5.74) is 0.398. The molecule has 2 atom stereocenters. The molecule has 4 rings (SSSR count). The van der Waals surface area contributed by atoms with Gasteiger partial charge in [-0.2, -0.15) is 5.10 Å². The molecule has 40 heavy (non-hydrogen) atoms. The molecule has 0 spiro atoms. The van der Waals surface area contributed by atoms with Crippen LogP contribution in [0.15, 0.2) is 18.2 Å². The van der Waals surface area contributed by atoms with Gasteiger partial charge in [0.1, 0.15) is 24.3 Å². The van der Waals surface area contributed by atoms with Gasteiger partial charge in [0.25, 0.3) is 5.91 Å². The predicted octanol–water partition coefficient (Wildman–Crippen LogP) is 0.728. The Morgan fingerprint density at radius 3 is 2.65 bits per heavy atom. The summed E-state index contributed by atoms with van der Waals surface area (Å²) in [6.45, 7) is 6.57. The van der Waals surface area contributed by atoms with E-state index in [0.717, 1.165) is 0 Å². The number of benzene rings is 1. The van der Waals surface area contributed by atoms with Gasteiger partial charge in [0.15, 0.2) is 11.5 Å². The lowest BCUT2D eigenvalue weighted by molar-refractivity contribution is -0.138. The van der Waals surface area contributed by atoms with E-state index in [1.54, 1.807) is 29.8 Å². The van der Waals surface area contributed by atoms with E-state index in [9.17, 15) is 19.2 Å². The topological polar surface area (TPSA) is 157 Å². The van der Waals surface area contributed by atoms with Gasteiger partial charge in [-0.05, 0) is 43.9 Å². The van der Waals surface area contributed by atoms with Crippen LogP contribution in [0.4, 0.5) is 0 Å². The average Bonchev–Trinajstić information content (AvgIpc) is 3.52. The van der Waals surface area contributed by atoms with E-state index in [4.69, 9.17) is 9.47 Å². The minimum absolute atomic E-state index is 0.0249. The number of carbonyl (C=O) groups is 4. The number of amides is 4. The summed E-state index contributed by atoms with van der Waals surface area (Å²) in [7, 11) is 1.53. The van der Waals surface area contributed by atoms with Gasteiger partial charge in [0, 0.05) is 25.1 Å². The fourth-order valence-corrected chi connectivity index (χ4v) is 4.82. The number of fused-ring (bicyclic) bond motifs is 3. The van der Waals surface area contributed by atoms with Crippen molar-refractivity contribution in [2.24, 2.45) is 5.92 Å². The Balaban J connectivity index is 1.63. The van der Waals surface area contributed by atoms with Crippen LogP contribution in [0.1, 0.15) is 61.2 Å². The van der Waals surface area contributed by atoms with Crippen molar-refractivity contribution >= 4 is 23.6 Å². The maximum absolute atomic E-state index is 13.3. The molecule has 216 valence electrons. The van der Waals surface area contributed by atoms with Crippen molar-refractivity contribution in [1.29, 1.82) is 0 Å². The third kappa shape index (κ3) is 6.88. The quantitative estimate of drug-likeness (QED) is 0.500. The van der Waals surface area contributed by atoms with Crippen molar-refractivity contribution < 1.29 is 28.7 Å². The number of rotatable bonds is 3. The minimum atomic E-state index is -0.669. The molecule has 1 aromatic heterocycles. The molecular weight excluding hydrogens is 518 g/mol. The third-order valence-corrected chi connectivity index (χ3v) is 6.88. The Kier molecular flexibility index (Phi) is 9.22. The number of hydrogen-bond donors (Lipinski definition) is 3. The van der Waals surface area contributed by atoms with Gasteiger partial charge in [-0.25, -0.2) is 9.67 Å². The summed E-state index contributed by atoms with van der Waals surface area (Å²) in [6.07, 6.45) is 1.06. The molecule has 1 fully saturated rings. The highest BCUT2D eigenvalue weighted by atomic mass is 16.5. The van der Waals surface area contributed by atoms with E-state index >= 15 is 0 Å². The molecule has 1 saturated heterocycles. The highest BCUT2D eigenvalue weighted by Crippen LogP contribution is 2.28. The molecule has 2 aliphatic heterocycles. The number of nitrogens with zero attached hydrogens (tertiary/aromatic N) is 4. The maximum Gasteiger partial charge on any atom is 0.251 e. The molecule has 2 aromatic rings. The highest BCUT2D eigenvalue weighted by molar-refractivity contribution is 5.95. The molecule has 0 radical (unpaired) electrons. The first-order valence-corrected chi connectivity index (χ1v) is 13.5. The number of aryl methyl sites for hydroxylation is 1. The Morgan fingerprint density at radius 1 is 1.15 bits per heavy atom. The lowest BCUT2D eigenvalue weighted by atomic mass is 10.0. The first-order valence-electron chi connectivity index (χ1n) is 13.5. The lowest BCUT2D eigenvalue weighted by Crippen LogP contribution is -2.49. The van der Waals surface area contributed by atoms with Gasteiger partial charge in [-0.1, -0.05) is 13.8 Å². The Labute approximate surface area is 233 Å². The van der Waals surface area contributed by atoms with E-state index in [0.29, 0.717) is 48.1 Å². The summed E-state index contributed by atoms with van der Waals surface area (Å²) in [5, 5.41) is 13.1. The molecule has 4 amide bonds. The number of ether oxygens (including phenoxy) is 2. The second-order valence-electron chi connectivity index (χ2n) is 10.3. The predicted molar refractivity (Wildman–Crippen MR) is 144 cm³/mol. The smallest absolute Gasteiger partial charge is 0.251 e. The molecule has 13 nitrogen and oxygen atoms in total. The van der Waals surface area contributed by atoms with Crippen LogP contribution >= 0.6 is 0 Å². The van der Waals surface area contributed by atoms with Gasteiger partial charge in [0.05, 0.1) is 26.2 Å². The summed E-state index contributed by atoms with van der Waals surface area (Å²) in [4.78, 5) is 57.1. The van der Waals surface area contributed by atoms with Crippen molar-refractivity contribution in [2.75, 3.05) is 33.4 Å². The number of methoxy groups -OCH3 is 1. The second kappa shape index (κ2) is 12.8. The van der Waals surface area contributed by atoms with E-state index in [-0.39, 0.29) is 62.2 Å². The summed E-state index contributed by atoms with van der Waals surface area (Å²) >= 11 is 0. The Hall–Kier alpha value is -4.16. The molecule has 1 aromatic carbocycles. The van der Waals surface area contributed by atoms with Gasteiger partial charge in [-0.15, -0.1) is 0 Å². The van der Waals surface area contributed by atoms with Crippen LogP contribution in [0.3, 0.4) is 0 Å². The Morgan fingerprint density at radius 2 is 1.95 bits per heavy atom. The zero-order valence-corrected chi connectivity index (χ0v) is 23.4. The van der Waals surface area contributed by atoms with Crippen LogP contribution < -0.4 is 25.4 Å². The monoisotopic (exact) mass is 555 g/mol. The standard InChI is InChI=1S/C27H37N7O6/c1-16(2)24-25-29-17(3)32-34(25)12-13-40-21-14-18(6-8-20(21)39-4)26(37)28-10-5-11-33(15-23(36)31-24)27(38)19-7-9-22(35)30-19/h6,8,14,16,19,24H,5,7,9-13,15H2,1-4H3,(H,28,37)(H,30,35)(H,31,36)/t19-,24-/m0/s1. The number of carbonyl (C=O) groups excluding carboxylic acids is 4. The maximum atomic E-state index is 13.3.